The SMILES string of the molecule is Cc1cc(OC#N)c(C)c(OC#N)c1C. The zero-order valence-corrected chi connectivity index (χ0v) is 8.79. The summed E-state index contributed by atoms with van der Waals surface area (Å²) in [7, 11) is 0. The van der Waals surface area contributed by atoms with Gasteiger partial charge in [0.25, 0.3) is 12.5 Å². The van der Waals surface area contributed by atoms with E-state index in [-0.39, 0.29) is 0 Å². The average molecular weight is 202 g/mol. The quantitative estimate of drug-likeness (QED) is 0.690. The fraction of sp³-hybridized carbons (Fsp3) is 0.273. The van der Waals surface area contributed by atoms with E-state index in [0.717, 1.165) is 11.1 Å². The monoisotopic (exact) mass is 202 g/mol. The van der Waals surface area contributed by atoms with Crippen LogP contribution in [0.1, 0.15) is 16.7 Å². The predicted molar refractivity (Wildman–Crippen MR) is 53.1 cm³/mol. The summed E-state index contributed by atoms with van der Waals surface area (Å²) >= 11 is 0. The van der Waals surface area contributed by atoms with Gasteiger partial charge in [-0.25, -0.2) is 0 Å². The first-order valence-electron chi connectivity index (χ1n) is 4.34. The molecule has 0 heterocycles. The first kappa shape index (κ1) is 10.9. The van der Waals surface area contributed by atoms with E-state index in [9.17, 15) is 0 Å². The van der Waals surface area contributed by atoms with Gasteiger partial charge in [0.2, 0.25) is 0 Å². The van der Waals surface area contributed by atoms with E-state index in [1.165, 1.54) is 0 Å². The predicted octanol–water partition coefficient (Wildman–Crippen LogP) is 2.33. The number of benzene rings is 1. The summed E-state index contributed by atoms with van der Waals surface area (Å²) in [6, 6.07) is 1.75. The number of aryl methyl sites for hydroxylation is 1. The number of ether oxygens (including phenoxy) is 2. The molecule has 0 unspecified atom stereocenters. The van der Waals surface area contributed by atoms with Gasteiger partial charge in [0.1, 0.15) is 5.75 Å². The van der Waals surface area contributed by atoms with Crippen molar-refractivity contribution < 1.29 is 9.47 Å². The molecule has 0 N–H and O–H groups in total. The van der Waals surface area contributed by atoms with Crippen molar-refractivity contribution in [1.29, 1.82) is 10.5 Å². The Balaban J connectivity index is 3.37. The third kappa shape index (κ3) is 2.00. The van der Waals surface area contributed by atoms with Crippen molar-refractivity contribution in [2.24, 2.45) is 0 Å². The van der Waals surface area contributed by atoms with Crippen molar-refractivity contribution in [3.63, 3.8) is 0 Å². The summed E-state index contributed by atoms with van der Waals surface area (Å²) in [5.41, 5.74) is 2.44. The fourth-order valence-electron chi connectivity index (χ4n) is 1.34. The van der Waals surface area contributed by atoms with Crippen LogP contribution in [0.4, 0.5) is 0 Å². The summed E-state index contributed by atoms with van der Waals surface area (Å²) in [4.78, 5) is 0. The largest absolute Gasteiger partial charge is 0.388 e. The van der Waals surface area contributed by atoms with Crippen LogP contribution < -0.4 is 9.47 Å². The summed E-state index contributed by atoms with van der Waals surface area (Å²) in [5.74, 6) is 0.883. The Morgan fingerprint density at radius 2 is 1.60 bits per heavy atom. The van der Waals surface area contributed by atoms with Gasteiger partial charge in [0.05, 0.1) is 0 Å². The number of rotatable bonds is 2. The van der Waals surface area contributed by atoms with E-state index in [4.69, 9.17) is 20.0 Å². The second kappa shape index (κ2) is 4.34. The zero-order chi connectivity index (χ0) is 11.4. The Morgan fingerprint density at radius 3 is 2.13 bits per heavy atom. The molecular weight excluding hydrogens is 192 g/mol. The number of hydrogen-bond donors (Lipinski definition) is 0. The van der Waals surface area contributed by atoms with Gasteiger partial charge in [-0.3, -0.25) is 0 Å². The van der Waals surface area contributed by atoms with Gasteiger partial charge >= 0.3 is 0 Å². The molecule has 76 valence electrons. The van der Waals surface area contributed by atoms with Gasteiger partial charge in [-0.05, 0) is 38.0 Å². The van der Waals surface area contributed by atoms with Gasteiger partial charge < -0.3 is 9.47 Å². The van der Waals surface area contributed by atoms with Crippen molar-refractivity contribution >= 4 is 0 Å². The third-order valence-corrected chi connectivity index (χ3v) is 2.29. The minimum absolute atomic E-state index is 0.422. The lowest BCUT2D eigenvalue weighted by atomic mass is 10.0. The molecule has 0 aliphatic rings. The average Bonchev–Trinajstić information content (AvgIpc) is 2.21. The molecule has 0 atom stereocenters. The number of nitrogens with zero attached hydrogens (tertiary/aromatic N) is 2. The van der Waals surface area contributed by atoms with E-state index in [2.05, 4.69) is 0 Å². The fourth-order valence-corrected chi connectivity index (χ4v) is 1.34. The lowest BCUT2D eigenvalue weighted by molar-refractivity contribution is 0.473. The molecule has 0 aliphatic heterocycles. The van der Waals surface area contributed by atoms with Crippen molar-refractivity contribution in [2.75, 3.05) is 0 Å². The molecule has 1 aromatic carbocycles. The lowest BCUT2D eigenvalue weighted by Gasteiger charge is -2.11. The molecule has 0 fully saturated rings. The molecule has 0 radical (unpaired) electrons. The van der Waals surface area contributed by atoms with Crippen LogP contribution in [0.2, 0.25) is 0 Å². The molecule has 1 rings (SSSR count). The molecule has 1 aromatic rings. The normalized spacial score (nSPS) is 8.87. The smallest absolute Gasteiger partial charge is 0.292 e. The maximum atomic E-state index is 8.50. The Morgan fingerprint density at radius 1 is 1.00 bits per heavy atom. The second-order valence-corrected chi connectivity index (χ2v) is 3.16. The van der Waals surface area contributed by atoms with Crippen molar-refractivity contribution in [3.05, 3.63) is 22.8 Å². The molecule has 0 spiro atoms. The Kier molecular flexibility index (Phi) is 3.15. The Hall–Kier alpha value is -2.20. The van der Waals surface area contributed by atoms with Crippen LogP contribution in [0.15, 0.2) is 6.07 Å². The van der Waals surface area contributed by atoms with Crippen LogP contribution >= 0.6 is 0 Å². The van der Waals surface area contributed by atoms with Gasteiger partial charge in [-0.1, -0.05) is 0 Å². The van der Waals surface area contributed by atoms with Crippen LogP contribution in [0, 0.1) is 43.8 Å². The van der Waals surface area contributed by atoms with E-state index in [1.54, 1.807) is 25.5 Å². The van der Waals surface area contributed by atoms with Crippen molar-refractivity contribution in [3.8, 4) is 24.0 Å². The second-order valence-electron chi connectivity index (χ2n) is 3.16. The van der Waals surface area contributed by atoms with Crippen LogP contribution in [-0.2, 0) is 0 Å². The molecule has 4 heteroatoms. The molecule has 0 amide bonds. The molecule has 0 aromatic heterocycles. The maximum absolute atomic E-state index is 8.50. The van der Waals surface area contributed by atoms with E-state index in [0.29, 0.717) is 17.1 Å². The van der Waals surface area contributed by atoms with E-state index in [1.807, 2.05) is 13.8 Å². The van der Waals surface area contributed by atoms with Gasteiger partial charge in [0.15, 0.2) is 5.75 Å². The van der Waals surface area contributed by atoms with Crippen LogP contribution in [0.5, 0.6) is 11.5 Å². The lowest BCUT2D eigenvalue weighted by Crippen LogP contribution is -1.96. The minimum atomic E-state index is 0.422. The first-order valence-corrected chi connectivity index (χ1v) is 4.34. The van der Waals surface area contributed by atoms with Crippen LogP contribution in [-0.4, -0.2) is 0 Å². The first-order chi connectivity index (χ1) is 7.11. The van der Waals surface area contributed by atoms with E-state index >= 15 is 0 Å². The standard InChI is InChI=1S/C11H10N2O2/c1-7-4-10(14-5-12)9(3)11(8(7)2)15-6-13/h4H,1-3H3. The highest BCUT2D eigenvalue weighted by molar-refractivity contribution is 5.53. The number of hydrogen-bond acceptors (Lipinski definition) is 4. The highest BCUT2D eigenvalue weighted by Crippen LogP contribution is 2.33. The van der Waals surface area contributed by atoms with Gasteiger partial charge in [0, 0.05) is 5.56 Å². The molecule has 0 aliphatic carbocycles. The highest BCUT2D eigenvalue weighted by Gasteiger charge is 2.13. The maximum Gasteiger partial charge on any atom is 0.292 e. The Bertz CT molecular complexity index is 467. The topological polar surface area (TPSA) is 66.0 Å². The summed E-state index contributed by atoms with van der Waals surface area (Å²) in [6.07, 6.45) is 3.23. The molecule has 0 bridgehead atoms. The zero-order valence-electron chi connectivity index (χ0n) is 8.79. The molecular formula is C11H10N2O2. The summed E-state index contributed by atoms with van der Waals surface area (Å²) in [6.45, 7) is 5.46. The van der Waals surface area contributed by atoms with Gasteiger partial charge in [-0.2, -0.15) is 0 Å². The molecule has 0 saturated heterocycles. The summed E-state index contributed by atoms with van der Waals surface area (Å²) < 4.78 is 9.63. The third-order valence-electron chi connectivity index (χ3n) is 2.29. The van der Waals surface area contributed by atoms with Gasteiger partial charge in [-0.15, -0.1) is 10.5 Å². The highest BCUT2D eigenvalue weighted by atomic mass is 16.5. The minimum Gasteiger partial charge on any atom is -0.388 e. The molecule has 0 saturated carbocycles. The Labute approximate surface area is 88.3 Å². The number of nitriles is 2. The summed E-state index contributed by atoms with van der Waals surface area (Å²) in [5, 5.41) is 16.9. The molecule has 4 nitrogen and oxygen atoms in total. The van der Waals surface area contributed by atoms with E-state index < -0.39 is 0 Å². The van der Waals surface area contributed by atoms with Crippen LogP contribution in [0.25, 0.3) is 0 Å². The molecule has 15 heavy (non-hydrogen) atoms. The van der Waals surface area contributed by atoms with Crippen molar-refractivity contribution in [2.45, 2.75) is 20.8 Å². The van der Waals surface area contributed by atoms with Crippen LogP contribution in [0.3, 0.4) is 0 Å². The van der Waals surface area contributed by atoms with Crippen molar-refractivity contribution in [1.82, 2.24) is 0 Å².